The smallest absolute Gasteiger partial charge is 0.363 e. The average molecular weight is 909 g/mol. The molecule has 0 spiro atoms. The van der Waals surface area contributed by atoms with E-state index in [-0.39, 0.29) is 56.0 Å². The van der Waals surface area contributed by atoms with Crippen molar-refractivity contribution in [2.45, 2.75) is 70.1 Å². The van der Waals surface area contributed by atoms with Crippen LogP contribution in [-0.2, 0) is 28.3 Å². The molecule has 3 aliphatic rings. The number of β-lactam (4-membered cyclic amide) rings is 1. The molecular weight excluding hydrogens is 865 g/mol. The van der Waals surface area contributed by atoms with Gasteiger partial charge in [-0.1, -0.05) is 27.7 Å². The van der Waals surface area contributed by atoms with Crippen LogP contribution in [0.4, 0.5) is 16.5 Å². The van der Waals surface area contributed by atoms with Crippen LogP contribution in [0.1, 0.15) is 65.8 Å². The van der Waals surface area contributed by atoms with Crippen LogP contribution in [0.3, 0.4) is 0 Å². The van der Waals surface area contributed by atoms with Gasteiger partial charge in [0.15, 0.2) is 13.4 Å². The quantitative estimate of drug-likeness (QED) is 0.0462. The van der Waals surface area contributed by atoms with Crippen LogP contribution in [0.2, 0.25) is 18.1 Å². The number of thioether (sulfide) groups is 1. The lowest BCUT2D eigenvalue weighted by atomic mass is 9.79. The van der Waals surface area contributed by atoms with Crippen molar-refractivity contribution in [3.8, 4) is 0 Å². The Labute approximate surface area is 364 Å². The summed E-state index contributed by atoms with van der Waals surface area (Å²) in [5, 5.41) is 23.8. The summed E-state index contributed by atoms with van der Waals surface area (Å²) in [6.45, 7) is 14.6. The zero-order chi connectivity index (χ0) is 45.6. The lowest BCUT2D eigenvalue weighted by molar-refractivity contribution is -0.385. The zero-order valence-corrected chi connectivity index (χ0v) is 37.6. The summed E-state index contributed by atoms with van der Waals surface area (Å²) < 4.78 is 16.8. The van der Waals surface area contributed by atoms with E-state index in [0.717, 1.165) is 41.3 Å². The highest BCUT2D eigenvalue weighted by Crippen LogP contribution is 2.53. The van der Waals surface area contributed by atoms with Gasteiger partial charge in [-0.05, 0) is 49.3 Å². The number of fused-ring (bicyclic) bond motifs is 1. The van der Waals surface area contributed by atoms with Gasteiger partial charge in [0.1, 0.15) is 17.9 Å². The third kappa shape index (κ3) is 9.17. The predicted molar refractivity (Wildman–Crippen MR) is 228 cm³/mol. The lowest BCUT2D eigenvalue weighted by Crippen LogP contribution is -2.65. The monoisotopic (exact) mass is 908 g/mol. The third-order valence-electron chi connectivity index (χ3n) is 11.4. The molecule has 3 aliphatic heterocycles. The highest BCUT2D eigenvalue weighted by Gasteiger charge is 2.62. The summed E-state index contributed by atoms with van der Waals surface area (Å²) in [5.41, 5.74) is -0.625. The molecule has 2 aromatic carbocycles. The van der Waals surface area contributed by atoms with E-state index in [1.165, 1.54) is 52.6 Å². The first-order chi connectivity index (χ1) is 29.0. The Kier molecular flexibility index (Phi) is 12.9. The Morgan fingerprint density at radius 2 is 1.47 bits per heavy atom. The highest BCUT2D eigenvalue weighted by molar-refractivity contribution is 8.03. The molecule has 2 fully saturated rings. The van der Waals surface area contributed by atoms with E-state index in [9.17, 15) is 49.0 Å². The molecule has 2 amide bonds. The molecule has 0 saturated carbocycles. The summed E-state index contributed by atoms with van der Waals surface area (Å²) in [6.07, 6.45) is -0.453. The molecule has 4 heterocycles. The fourth-order valence-corrected chi connectivity index (χ4v) is 10.8. The van der Waals surface area contributed by atoms with Crippen LogP contribution < -0.4 is 4.90 Å². The van der Waals surface area contributed by atoms with Gasteiger partial charge in [0.2, 0.25) is 5.91 Å². The standard InChI is InChI=1S/C40H44N6O13S2Si/c1-21-31-30(22(2)59-62(7,8)40(3,4)5)35(49)44(31)32(38(52)58-37(51)24-11-15-26(16-12-24)46(55)56)33(21)61-27-17-43(18-27)39-41-28(20-60-39)34(48)42(6)19-29(47)57-36(50)23-9-13-25(14-10-23)45(53)54/h9-16,20-22,27,30-31H,17-19H2,1-8H3/t21-,22-,30-,31-/m1/s1. The summed E-state index contributed by atoms with van der Waals surface area (Å²) in [6, 6.07) is 8.68. The molecule has 1 aromatic heterocycles. The van der Waals surface area contributed by atoms with E-state index in [4.69, 9.17) is 13.9 Å². The SMILES string of the molecule is C[C@@H](O[Si](C)(C)C(C)(C)C)[C@H]1C(=O)N2C(C(=O)OC(=O)c3ccc([N+](=O)[O-])cc3)=C(SC3CN(c4nc(C(=O)N(C)CC(=O)OC(=O)c5ccc([N+](=O)[O-])cc5)cs4)C3)[C@H](C)[C@H]12. The minimum atomic E-state index is -2.29. The zero-order valence-electron chi connectivity index (χ0n) is 35.0. The Morgan fingerprint density at radius 1 is 0.935 bits per heavy atom. The summed E-state index contributed by atoms with van der Waals surface area (Å²) >= 11 is 2.60. The number of nitro groups is 2. The van der Waals surface area contributed by atoms with Crippen molar-refractivity contribution in [3.05, 3.63) is 102 Å². The minimum absolute atomic E-state index is 0.0277. The Balaban J connectivity index is 1.11. The number of nitro benzene ring substituents is 2. The number of likely N-dealkylation sites (N-methyl/N-ethyl adjacent to an activating group) is 1. The molecule has 3 aromatic rings. The fourth-order valence-electron chi connectivity index (χ4n) is 7.01. The van der Waals surface area contributed by atoms with Crippen LogP contribution in [0, 0.1) is 32.1 Å². The van der Waals surface area contributed by atoms with Crippen LogP contribution in [0.25, 0.3) is 0 Å². The molecule has 0 radical (unpaired) electrons. The molecule has 62 heavy (non-hydrogen) atoms. The molecule has 0 N–H and O–H groups in total. The highest BCUT2D eigenvalue weighted by atomic mass is 32.2. The second-order valence-corrected chi connectivity index (χ2v) is 23.6. The maximum atomic E-state index is 13.9. The number of hydrogen-bond donors (Lipinski definition) is 0. The van der Waals surface area contributed by atoms with E-state index < -0.39 is 72.6 Å². The molecule has 0 unspecified atom stereocenters. The number of carbonyl (C=O) groups is 6. The summed E-state index contributed by atoms with van der Waals surface area (Å²) in [5.74, 6) is -5.89. The summed E-state index contributed by atoms with van der Waals surface area (Å²) in [4.78, 5) is 109. The predicted octanol–water partition coefficient (Wildman–Crippen LogP) is 5.82. The molecule has 19 nitrogen and oxygen atoms in total. The molecule has 0 bridgehead atoms. The number of benzene rings is 2. The molecule has 0 aliphatic carbocycles. The summed E-state index contributed by atoms with van der Waals surface area (Å²) in [7, 11) is -0.950. The Morgan fingerprint density at radius 3 is 1.98 bits per heavy atom. The van der Waals surface area contributed by atoms with Crippen molar-refractivity contribution < 1.29 is 52.5 Å². The number of thiazole rings is 1. The van der Waals surface area contributed by atoms with Crippen LogP contribution in [-0.4, -0.2) is 113 Å². The van der Waals surface area contributed by atoms with Crippen molar-refractivity contribution in [1.82, 2.24) is 14.8 Å². The maximum Gasteiger partial charge on any atom is 0.363 e. The number of carbonyl (C=O) groups excluding carboxylic acids is 6. The third-order valence-corrected chi connectivity index (χ3v) is 18.4. The fraction of sp³-hybridized carbons (Fsp3) is 0.425. The first-order valence-electron chi connectivity index (χ1n) is 19.4. The molecule has 22 heteroatoms. The van der Waals surface area contributed by atoms with Gasteiger partial charge in [0, 0.05) is 65.9 Å². The van der Waals surface area contributed by atoms with Gasteiger partial charge in [0.25, 0.3) is 17.3 Å². The number of hydrogen-bond acceptors (Lipinski definition) is 17. The number of amides is 2. The van der Waals surface area contributed by atoms with Crippen molar-refractivity contribution in [1.29, 1.82) is 0 Å². The van der Waals surface area contributed by atoms with Gasteiger partial charge < -0.3 is 28.6 Å². The molecule has 4 atom stereocenters. The number of anilines is 1. The average Bonchev–Trinajstić information content (AvgIpc) is 3.75. The van der Waals surface area contributed by atoms with E-state index in [1.807, 2.05) is 18.7 Å². The van der Waals surface area contributed by atoms with Crippen molar-refractivity contribution >= 4 is 83.6 Å². The number of non-ortho nitro benzene ring substituents is 2. The van der Waals surface area contributed by atoms with Gasteiger partial charge >= 0.3 is 23.9 Å². The second-order valence-electron chi connectivity index (χ2n) is 16.7. The van der Waals surface area contributed by atoms with Crippen LogP contribution >= 0.6 is 23.1 Å². The first kappa shape index (κ1) is 45.7. The second kappa shape index (κ2) is 17.5. The Hall–Kier alpha value is -5.84. The lowest BCUT2D eigenvalue weighted by Gasteiger charge is -2.50. The maximum absolute atomic E-state index is 13.9. The van der Waals surface area contributed by atoms with E-state index in [0.29, 0.717) is 23.1 Å². The topological polar surface area (TPSA) is 239 Å². The number of aromatic nitrogens is 1. The molecule has 6 rings (SSSR count). The number of nitrogens with zero attached hydrogens (tertiary/aromatic N) is 6. The van der Waals surface area contributed by atoms with E-state index in [2.05, 4.69) is 38.8 Å². The van der Waals surface area contributed by atoms with Gasteiger partial charge in [-0.2, -0.15) is 0 Å². The van der Waals surface area contributed by atoms with Gasteiger partial charge in [-0.15, -0.1) is 23.1 Å². The van der Waals surface area contributed by atoms with Gasteiger partial charge in [-0.25, -0.2) is 24.2 Å². The van der Waals surface area contributed by atoms with Crippen LogP contribution in [0.5, 0.6) is 0 Å². The molecule has 328 valence electrons. The van der Waals surface area contributed by atoms with Gasteiger partial charge in [0.05, 0.1) is 39.0 Å². The van der Waals surface area contributed by atoms with Gasteiger partial charge in [-0.3, -0.25) is 29.8 Å². The van der Waals surface area contributed by atoms with Crippen LogP contribution in [0.15, 0.2) is 64.5 Å². The van der Waals surface area contributed by atoms with E-state index >= 15 is 0 Å². The van der Waals surface area contributed by atoms with Crippen molar-refractivity contribution in [3.63, 3.8) is 0 Å². The molecule has 2 saturated heterocycles. The Bertz CT molecular complexity index is 2370. The van der Waals surface area contributed by atoms with Crippen molar-refractivity contribution in [2.24, 2.45) is 11.8 Å². The minimum Gasteiger partial charge on any atom is -0.413 e. The van der Waals surface area contributed by atoms with Crippen molar-refractivity contribution in [2.75, 3.05) is 31.6 Å². The largest absolute Gasteiger partial charge is 0.413 e. The normalized spacial score (nSPS) is 19.2. The number of esters is 4. The first-order valence-corrected chi connectivity index (χ1v) is 24.0. The number of ether oxygens (including phenoxy) is 2. The molecular formula is C40H44N6O13S2Si. The van der Waals surface area contributed by atoms with E-state index in [1.54, 1.807) is 0 Å². The number of rotatable bonds is 14.